The molecule has 2 radical (unpaired) electrons. The maximum absolute atomic E-state index is 3.06. The summed E-state index contributed by atoms with van der Waals surface area (Å²) in [4.78, 5) is 0. The van der Waals surface area contributed by atoms with E-state index < -0.39 is 0 Å². The molecule has 0 bridgehead atoms. The van der Waals surface area contributed by atoms with Gasteiger partial charge in [0.2, 0.25) is 0 Å². The Balaban J connectivity index is -0.00000000500. The Labute approximate surface area is 63.2 Å². The van der Waals surface area contributed by atoms with Crippen molar-refractivity contribution in [1.29, 1.82) is 0 Å². The summed E-state index contributed by atoms with van der Waals surface area (Å²) < 4.78 is 0. The molecule has 0 nitrogen and oxygen atoms in total. The molecular weight excluding hydrogens is 259 g/mol. The van der Waals surface area contributed by atoms with Gasteiger partial charge in [-0.25, -0.2) is 0 Å². The third kappa shape index (κ3) is 8.92. The average molecular weight is 259 g/mol. The van der Waals surface area contributed by atoms with Crippen LogP contribution in [0.3, 0.4) is 0 Å². The Kier molecular flexibility index (Phi) is 79.4. The molecule has 0 atom stereocenters. The average Bonchev–Trinajstić information content (AvgIpc) is 1.00. The van der Waals surface area contributed by atoms with E-state index in [9.17, 15) is 0 Å². The van der Waals surface area contributed by atoms with Gasteiger partial charge in [-0.05, 0) is 0 Å². The molecule has 0 fully saturated rings. The van der Waals surface area contributed by atoms with E-state index in [4.69, 9.17) is 0 Å². The van der Waals surface area contributed by atoms with Gasteiger partial charge in [-0.15, -0.1) is 0 Å². The maximum atomic E-state index is 3.06. The molecule has 4 heavy (non-hydrogen) atoms. The molecule has 0 aromatic heterocycles. The number of hydrogen-bond acceptors (Lipinski definition) is 0. The molecule has 4 heteroatoms. The van der Waals surface area contributed by atoms with Crippen LogP contribution in [0, 0.1) is 0 Å². The zero-order chi connectivity index (χ0) is 2.00. The van der Waals surface area contributed by atoms with Crippen molar-refractivity contribution in [3.8, 4) is 0 Å². The second-order valence-electron chi connectivity index (χ2n) is 0. The minimum absolute atomic E-state index is 0. The number of hydrogen-bond donors (Lipinski definition) is 0. The van der Waals surface area contributed by atoms with Crippen LogP contribution in [0.2, 0.25) is 0 Å². The Morgan fingerprint density at radius 3 is 1.25 bits per heavy atom. The second kappa shape index (κ2) is 19.3. The summed E-state index contributed by atoms with van der Waals surface area (Å²) in [6, 6.07) is 0. The molecule has 0 aliphatic rings. The zero-order valence-electron chi connectivity index (χ0n) is 1.80. The first-order valence-corrected chi connectivity index (χ1v) is 7.22. The van der Waals surface area contributed by atoms with Crippen LogP contribution >= 0.6 is 13.6 Å². The molecule has 0 aliphatic heterocycles. The van der Waals surface area contributed by atoms with Crippen molar-refractivity contribution in [2.75, 3.05) is 0 Å². The van der Waals surface area contributed by atoms with Crippen molar-refractivity contribution in [2.45, 2.75) is 0 Å². The van der Waals surface area contributed by atoms with Gasteiger partial charge >= 0.3 is 30.0 Å². The summed E-state index contributed by atoms with van der Waals surface area (Å²) in [5.41, 5.74) is 0. The van der Waals surface area contributed by atoms with E-state index in [2.05, 4.69) is 13.6 Å². The fourth-order valence-electron chi connectivity index (χ4n) is 0. The van der Waals surface area contributed by atoms with Crippen molar-refractivity contribution >= 4 is 13.6 Å². The van der Waals surface area contributed by atoms with E-state index in [1.807, 2.05) is 0 Å². The minimum atomic E-state index is 0. The van der Waals surface area contributed by atoms with E-state index in [1.165, 1.54) is 16.3 Å². The normalized spacial score (nSPS) is 1.75. The van der Waals surface area contributed by atoms with Crippen LogP contribution in [-0.2, 0) is 50.2 Å². The molecule has 25 valence electrons. The van der Waals surface area contributed by atoms with Gasteiger partial charge in [0.1, 0.15) is 0 Å². The molecule has 0 spiro atoms. The predicted molar refractivity (Wildman–Crippen MR) is 8.93 cm³/mol. The number of rotatable bonds is 0. The van der Waals surface area contributed by atoms with E-state index in [0.29, 0.717) is 0 Å². The van der Waals surface area contributed by atoms with Crippen LogP contribution in [0.25, 0.3) is 0 Å². The quantitative estimate of drug-likeness (QED) is 0.565. The molecule has 0 aromatic carbocycles. The molecule has 0 amide bonds. The van der Waals surface area contributed by atoms with Gasteiger partial charge in [-0.2, -0.15) is 0 Å². The molecule has 0 unspecified atom stereocenters. The van der Waals surface area contributed by atoms with E-state index >= 15 is 0 Å². The topological polar surface area (TPSA) is 0 Å². The SMILES string of the molecule is [Co].[Mn].[Zn][Br]. The third-order valence-electron chi connectivity index (χ3n) is 0. The molecule has 0 N–H and O–H groups in total. The van der Waals surface area contributed by atoms with Gasteiger partial charge in [0.25, 0.3) is 0 Å². The summed E-state index contributed by atoms with van der Waals surface area (Å²) in [6.45, 7) is 0. The molecule has 0 heterocycles. The molecule has 0 saturated carbocycles. The van der Waals surface area contributed by atoms with Crippen LogP contribution in [0.1, 0.15) is 0 Å². The standard InChI is InChI=1S/BrH.Co.Mn.Zn/h1H;;;/q;;;+1/p-1. The Hall–Kier alpha value is 2.13. The van der Waals surface area contributed by atoms with Gasteiger partial charge in [0.15, 0.2) is 0 Å². The van der Waals surface area contributed by atoms with Crippen LogP contribution in [-0.4, -0.2) is 0 Å². The van der Waals surface area contributed by atoms with Crippen molar-refractivity contribution < 1.29 is 50.2 Å². The zero-order valence-corrected chi connectivity index (χ0v) is 8.57. The molecular formula is BrCoMnZn. The van der Waals surface area contributed by atoms with E-state index in [0.717, 1.165) is 0 Å². The molecule has 0 aromatic rings. The van der Waals surface area contributed by atoms with E-state index in [-0.39, 0.29) is 33.8 Å². The van der Waals surface area contributed by atoms with Gasteiger partial charge < -0.3 is 0 Å². The van der Waals surface area contributed by atoms with Crippen molar-refractivity contribution in [2.24, 2.45) is 0 Å². The summed E-state index contributed by atoms with van der Waals surface area (Å²) >= 11 is 4.25. The molecule has 0 saturated heterocycles. The predicted octanol–water partition coefficient (Wildman–Crippen LogP) is 0.838. The van der Waals surface area contributed by atoms with Gasteiger partial charge in [0, 0.05) is 33.8 Å². The summed E-state index contributed by atoms with van der Waals surface area (Å²) in [6.07, 6.45) is 0. The summed E-state index contributed by atoms with van der Waals surface area (Å²) in [5.74, 6) is 0. The van der Waals surface area contributed by atoms with Crippen LogP contribution < -0.4 is 0 Å². The third-order valence-corrected chi connectivity index (χ3v) is 0. The first kappa shape index (κ1) is 16.5. The first-order valence-electron chi connectivity index (χ1n) is 0.267. The van der Waals surface area contributed by atoms with Crippen LogP contribution in [0.5, 0.6) is 0 Å². The number of halogens is 1. The van der Waals surface area contributed by atoms with Crippen molar-refractivity contribution in [3.63, 3.8) is 0 Å². The monoisotopic (exact) mass is 257 g/mol. The fraction of sp³-hybridized carbons (Fsp3) is 0. The molecule has 0 rings (SSSR count). The second-order valence-corrected chi connectivity index (χ2v) is 0. The fourth-order valence-corrected chi connectivity index (χ4v) is 0. The van der Waals surface area contributed by atoms with Crippen molar-refractivity contribution in [3.05, 3.63) is 0 Å². The molecule has 0 aliphatic carbocycles. The summed E-state index contributed by atoms with van der Waals surface area (Å²) in [5, 5.41) is 0. The van der Waals surface area contributed by atoms with Crippen LogP contribution in [0.15, 0.2) is 0 Å². The van der Waals surface area contributed by atoms with E-state index in [1.54, 1.807) is 0 Å². The van der Waals surface area contributed by atoms with Gasteiger partial charge in [-0.1, -0.05) is 0 Å². The van der Waals surface area contributed by atoms with Gasteiger partial charge in [0.05, 0.1) is 0 Å². The Morgan fingerprint density at radius 2 is 1.25 bits per heavy atom. The first-order chi connectivity index (χ1) is 1.00. The van der Waals surface area contributed by atoms with Crippen LogP contribution in [0.4, 0.5) is 0 Å². The van der Waals surface area contributed by atoms with Gasteiger partial charge in [-0.3, -0.25) is 0 Å². The van der Waals surface area contributed by atoms with Crippen molar-refractivity contribution in [1.82, 2.24) is 0 Å². The Morgan fingerprint density at radius 1 is 1.25 bits per heavy atom. The Bertz CT molecular complexity index is 8.00. The summed E-state index contributed by atoms with van der Waals surface area (Å²) in [7, 11) is 0.